The molecule has 1 aliphatic rings. The van der Waals surface area contributed by atoms with Gasteiger partial charge in [-0.05, 0) is 50.1 Å². The number of aryl methyl sites for hydroxylation is 1. The van der Waals surface area contributed by atoms with E-state index in [0.717, 1.165) is 0 Å². The van der Waals surface area contributed by atoms with E-state index < -0.39 is 23.5 Å². The first-order valence-electron chi connectivity index (χ1n) is 10.5. The summed E-state index contributed by atoms with van der Waals surface area (Å²) in [4.78, 5) is 37.2. The largest absolute Gasteiger partial charge is 0.455 e. The first-order chi connectivity index (χ1) is 16.3. The van der Waals surface area contributed by atoms with Crippen molar-refractivity contribution in [3.63, 3.8) is 0 Å². The van der Waals surface area contributed by atoms with Gasteiger partial charge in [0.05, 0.1) is 11.3 Å². The fraction of sp³-hybridized carbons (Fsp3) is 0.167. The van der Waals surface area contributed by atoms with Gasteiger partial charge in [-0.2, -0.15) is 5.10 Å². The first kappa shape index (κ1) is 23.2. The lowest BCUT2D eigenvalue weighted by Gasteiger charge is -2.13. The second-order valence-electron chi connectivity index (χ2n) is 7.61. The molecule has 2 aromatic carbocycles. The van der Waals surface area contributed by atoms with Gasteiger partial charge >= 0.3 is 5.91 Å². The summed E-state index contributed by atoms with van der Waals surface area (Å²) in [5, 5.41) is 4.57. The van der Waals surface area contributed by atoms with E-state index in [1.165, 1.54) is 24.3 Å². The zero-order chi connectivity index (χ0) is 24.2. The molecule has 0 radical (unpaired) electrons. The molecule has 1 aromatic heterocycles. The number of hydrazone groups is 1. The minimum atomic E-state index is -0.680. The lowest BCUT2D eigenvalue weighted by molar-refractivity contribution is 0.0829. The maximum atomic E-state index is 13.9. The van der Waals surface area contributed by atoms with Crippen molar-refractivity contribution in [3.8, 4) is 0 Å². The van der Waals surface area contributed by atoms with Crippen molar-refractivity contribution in [3.05, 3.63) is 93.1 Å². The number of furan rings is 1. The molecular weight excluding hydrogens is 463 g/mol. The molecule has 0 fully saturated rings. The van der Waals surface area contributed by atoms with Gasteiger partial charge in [0.2, 0.25) is 0 Å². The highest BCUT2D eigenvalue weighted by atomic mass is 35.5. The number of benzene rings is 2. The van der Waals surface area contributed by atoms with E-state index >= 15 is 0 Å². The van der Waals surface area contributed by atoms with Crippen LogP contribution in [0, 0.1) is 12.7 Å². The summed E-state index contributed by atoms with van der Waals surface area (Å²) >= 11 is 5.89. The van der Waals surface area contributed by atoms with E-state index in [2.05, 4.69) is 21.4 Å². The van der Waals surface area contributed by atoms with Gasteiger partial charge in [0.15, 0.2) is 5.76 Å². The molecule has 174 valence electrons. The number of amides is 3. The molecule has 0 atom stereocenters. The molecule has 10 heteroatoms. The van der Waals surface area contributed by atoms with Crippen molar-refractivity contribution in [1.82, 2.24) is 16.3 Å². The topological polar surface area (TPSA) is 113 Å². The molecule has 3 N–H and O–H groups in total. The number of hydrogen-bond acceptors (Lipinski definition) is 5. The highest BCUT2D eigenvalue weighted by molar-refractivity contribution is 6.31. The van der Waals surface area contributed by atoms with Crippen LogP contribution in [0.4, 0.5) is 4.39 Å². The summed E-state index contributed by atoms with van der Waals surface area (Å²) in [6.07, 6.45) is 1.82. The summed E-state index contributed by atoms with van der Waals surface area (Å²) in [6, 6.07) is 11.9. The van der Waals surface area contributed by atoms with Gasteiger partial charge in [-0.15, -0.1) is 0 Å². The molecule has 3 amide bonds. The second-order valence-corrected chi connectivity index (χ2v) is 8.04. The van der Waals surface area contributed by atoms with E-state index in [0.29, 0.717) is 46.9 Å². The van der Waals surface area contributed by atoms with Gasteiger partial charge in [0.1, 0.15) is 11.6 Å². The number of hydrazine groups is 1. The van der Waals surface area contributed by atoms with E-state index in [9.17, 15) is 18.8 Å². The molecular formula is C24H20ClFN4O4. The van der Waals surface area contributed by atoms with Crippen LogP contribution in [0.2, 0.25) is 5.02 Å². The van der Waals surface area contributed by atoms with Crippen LogP contribution in [0.1, 0.15) is 61.0 Å². The van der Waals surface area contributed by atoms with Crippen molar-refractivity contribution in [2.75, 3.05) is 0 Å². The third-order valence-electron chi connectivity index (χ3n) is 5.32. The summed E-state index contributed by atoms with van der Waals surface area (Å²) in [6.45, 7) is 1.69. The summed E-state index contributed by atoms with van der Waals surface area (Å²) in [5.74, 6) is -1.94. The predicted octanol–water partition coefficient (Wildman–Crippen LogP) is 3.93. The Morgan fingerprint density at radius 1 is 1.00 bits per heavy atom. The highest BCUT2D eigenvalue weighted by Gasteiger charge is 2.28. The molecule has 1 heterocycles. The van der Waals surface area contributed by atoms with E-state index in [4.69, 9.17) is 16.0 Å². The molecule has 4 rings (SSSR count). The molecule has 34 heavy (non-hydrogen) atoms. The Balaban J connectivity index is 1.49. The Kier molecular flexibility index (Phi) is 6.74. The summed E-state index contributed by atoms with van der Waals surface area (Å²) in [7, 11) is 0. The Hall–Kier alpha value is -3.98. The molecule has 0 saturated heterocycles. The maximum absolute atomic E-state index is 13.9. The zero-order valence-electron chi connectivity index (χ0n) is 18.1. The lowest BCUT2D eigenvalue weighted by Crippen LogP contribution is -2.41. The standard InChI is InChI=1S/C24H20ClFN4O4/c1-13-20-18(27-29-23(32)16-8-2-3-9-17(16)26)10-5-11-19(20)34-21(13)24(33)30-28-22(31)14-6-4-7-15(25)12-14/h2-4,6-9,12H,5,10-11H2,1H3,(H,28,31)(H,29,32)(H,30,33)/b27-18+. The van der Waals surface area contributed by atoms with Crippen LogP contribution in [0.5, 0.6) is 0 Å². The highest BCUT2D eigenvalue weighted by Crippen LogP contribution is 2.29. The van der Waals surface area contributed by atoms with Gasteiger partial charge in [0, 0.05) is 28.1 Å². The third-order valence-corrected chi connectivity index (χ3v) is 5.55. The lowest BCUT2D eigenvalue weighted by atomic mass is 9.93. The number of halogens is 2. The monoisotopic (exact) mass is 482 g/mol. The maximum Gasteiger partial charge on any atom is 0.305 e. The Labute approximate surface area is 199 Å². The molecule has 0 bridgehead atoms. The predicted molar refractivity (Wildman–Crippen MR) is 123 cm³/mol. The molecule has 1 aliphatic carbocycles. The van der Waals surface area contributed by atoms with Gasteiger partial charge < -0.3 is 4.42 Å². The van der Waals surface area contributed by atoms with E-state index in [1.54, 1.807) is 31.2 Å². The van der Waals surface area contributed by atoms with Crippen molar-refractivity contribution in [2.45, 2.75) is 26.2 Å². The van der Waals surface area contributed by atoms with Crippen LogP contribution in [-0.2, 0) is 6.42 Å². The number of nitrogens with one attached hydrogen (secondary N) is 3. The molecule has 3 aromatic rings. The summed E-state index contributed by atoms with van der Waals surface area (Å²) in [5.41, 5.74) is 8.85. The van der Waals surface area contributed by atoms with Crippen LogP contribution in [0.25, 0.3) is 0 Å². The van der Waals surface area contributed by atoms with Gasteiger partial charge in [0.25, 0.3) is 11.8 Å². The number of carbonyl (C=O) groups is 3. The number of fused-ring (bicyclic) bond motifs is 1. The molecule has 0 aliphatic heterocycles. The molecule has 0 unspecified atom stereocenters. The number of nitrogens with zero attached hydrogens (tertiary/aromatic N) is 1. The van der Waals surface area contributed by atoms with Crippen molar-refractivity contribution in [2.24, 2.45) is 5.10 Å². The van der Waals surface area contributed by atoms with Crippen molar-refractivity contribution in [1.29, 1.82) is 0 Å². The van der Waals surface area contributed by atoms with Crippen LogP contribution < -0.4 is 16.3 Å². The number of hydrogen-bond donors (Lipinski definition) is 3. The van der Waals surface area contributed by atoms with Gasteiger partial charge in [-0.3, -0.25) is 25.2 Å². The average molecular weight is 483 g/mol. The van der Waals surface area contributed by atoms with Gasteiger partial charge in [-0.25, -0.2) is 9.82 Å². The van der Waals surface area contributed by atoms with Gasteiger partial charge in [-0.1, -0.05) is 29.8 Å². The average Bonchev–Trinajstić information content (AvgIpc) is 3.18. The van der Waals surface area contributed by atoms with E-state index in [-0.39, 0.29) is 16.9 Å². The Morgan fingerprint density at radius 2 is 1.76 bits per heavy atom. The van der Waals surface area contributed by atoms with Crippen LogP contribution >= 0.6 is 11.6 Å². The normalized spacial score (nSPS) is 13.8. The van der Waals surface area contributed by atoms with Crippen molar-refractivity contribution < 1.29 is 23.2 Å². The second kappa shape index (κ2) is 9.88. The van der Waals surface area contributed by atoms with Crippen LogP contribution in [0.3, 0.4) is 0 Å². The Morgan fingerprint density at radius 3 is 2.53 bits per heavy atom. The third kappa shape index (κ3) is 4.84. The zero-order valence-corrected chi connectivity index (χ0v) is 18.8. The SMILES string of the molecule is Cc1c(C(=O)NNC(=O)c2cccc(Cl)c2)oc2c1/C(=N/NC(=O)c1ccccc1F)CCC2. The minimum Gasteiger partial charge on any atom is -0.455 e. The number of rotatable bonds is 4. The first-order valence-corrected chi connectivity index (χ1v) is 10.8. The molecule has 8 nitrogen and oxygen atoms in total. The van der Waals surface area contributed by atoms with Crippen LogP contribution in [0.15, 0.2) is 58.0 Å². The van der Waals surface area contributed by atoms with E-state index in [1.807, 2.05) is 0 Å². The van der Waals surface area contributed by atoms with Crippen molar-refractivity contribution >= 4 is 35.0 Å². The fourth-order valence-electron chi connectivity index (χ4n) is 3.69. The smallest absolute Gasteiger partial charge is 0.305 e. The molecule has 0 saturated carbocycles. The quantitative estimate of drug-likeness (QED) is 0.489. The molecule has 0 spiro atoms. The van der Waals surface area contributed by atoms with Crippen LogP contribution in [-0.4, -0.2) is 23.4 Å². The minimum absolute atomic E-state index is 0.0198. The summed E-state index contributed by atoms with van der Waals surface area (Å²) < 4.78 is 19.6. The Bertz CT molecular complexity index is 1320. The number of carbonyl (C=O) groups excluding carboxylic acids is 3. The fourth-order valence-corrected chi connectivity index (χ4v) is 3.88.